The van der Waals surface area contributed by atoms with Gasteiger partial charge in [0.15, 0.2) is 0 Å². The molecule has 0 saturated heterocycles. The molecule has 0 aromatic heterocycles. The van der Waals surface area contributed by atoms with Crippen LogP contribution in [0.25, 0.3) is 28.5 Å². The van der Waals surface area contributed by atoms with E-state index in [1.807, 2.05) is 13.0 Å². The van der Waals surface area contributed by atoms with Crippen LogP contribution in [0, 0.1) is 64.2 Å². The van der Waals surface area contributed by atoms with Crippen LogP contribution in [0.4, 0.5) is 28.4 Å². The zero-order chi connectivity index (χ0) is 99.0. The molecule has 10 aliphatic heterocycles. The zero-order valence-corrected chi connectivity index (χ0v) is 88.5. The Hall–Kier alpha value is -11.9. The van der Waals surface area contributed by atoms with Gasteiger partial charge < -0.3 is 49.0 Å². The molecule has 0 spiro atoms. The molecule has 10 heterocycles. The van der Waals surface area contributed by atoms with Crippen molar-refractivity contribution in [3.63, 3.8) is 0 Å². The summed E-state index contributed by atoms with van der Waals surface area (Å²) < 4.78 is 8.99. The number of allylic oxidation sites excluding steroid dienone is 5. The lowest BCUT2D eigenvalue weighted by atomic mass is 9.61. The van der Waals surface area contributed by atoms with E-state index in [-0.39, 0.29) is 34.5 Å². The Morgan fingerprint density at radius 3 is 0.859 bits per heavy atom. The summed E-state index contributed by atoms with van der Waals surface area (Å²) in [6.07, 6.45) is 33.5. The van der Waals surface area contributed by atoms with Crippen molar-refractivity contribution in [3.05, 3.63) is 390 Å². The summed E-state index contributed by atoms with van der Waals surface area (Å²) >= 11 is 0. The number of fused-ring (bicyclic) bond motifs is 15. The molecule has 5 aliphatic carbocycles. The van der Waals surface area contributed by atoms with Gasteiger partial charge in [-0.15, -0.1) is 0 Å². The van der Waals surface area contributed by atoms with Gasteiger partial charge in [0, 0.05) is 84.7 Å². The van der Waals surface area contributed by atoms with Crippen molar-refractivity contribution in [1.82, 2.24) is 24.5 Å². The summed E-state index contributed by atoms with van der Waals surface area (Å²) in [5.41, 5.74) is 43.2. The summed E-state index contributed by atoms with van der Waals surface area (Å²) in [4.78, 5) is 26.3. The third-order valence-electron chi connectivity index (χ3n) is 37.9. The van der Waals surface area contributed by atoms with Gasteiger partial charge in [0.05, 0.1) is 58.0 Å². The number of hydrogen-bond acceptors (Lipinski definition) is 10. The van der Waals surface area contributed by atoms with Crippen LogP contribution in [0.5, 0.6) is 0 Å². The predicted octanol–water partition coefficient (Wildman–Crippen LogP) is 33.4. The Labute approximate surface area is 853 Å². The van der Waals surface area contributed by atoms with E-state index in [1.54, 1.807) is 16.7 Å². The molecule has 5 fully saturated rings. The summed E-state index contributed by atoms with van der Waals surface area (Å²) in [5.74, 6) is 3.81. The molecule has 0 N–H and O–H groups in total. The second-order valence-corrected chi connectivity index (χ2v) is 45.0. The van der Waals surface area contributed by atoms with E-state index in [9.17, 15) is 0 Å². The highest BCUT2D eigenvalue weighted by atomic mass is 15.5. The fraction of sp³-hybridized carbons (Fsp3) is 0.424. The van der Waals surface area contributed by atoms with E-state index < -0.39 is 6.02 Å². The normalized spacial score (nSPS) is 26.4. The number of hydrogen-bond donors (Lipinski definition) is 0. The first-order valence-electron chi connectivity index (χ1n) is 55.7. The van der Waals surface area contributed by atoms with Crippen LogP contribution in [-0.2, 0) is 22.2 Å². The fourth-order valence-electron chi connectivity index (χ4n) is 32.0. The monoisotopic (exact) mass is 1880 g/mol. The van der Waals surface area contributed by atoms with E-state index in [0.29, 0.717) is 18.5 Å². The highest BCUT2D eigenvalue weighted by Gasteiger charge is 2.65. The van der Waals surface area contributed by atoms with Gasteiger partial charge in [0.2, 0.25) is 0 Å². The fourth-order valence-corrected chi connectivity index (χ4v) is 32.0. The van der Waals surface area contributed by atoms with Gasteiger partial charge in [-0.3, -0.25) is 0 Å². The highest BCUT2D eigenvalue weighted by Crippen LogP contribution is 2.68. The van der Waals surface area contributed by atoms with E-state index in [1.165, 1.54) is 300 Å². The third kappa shape index (κ3) is 14.6. The molecular formula is C132H156N10. The lowest BCUT2D eigenvalue weighted by Gasteiger charge is -2.54. The van der Waals surface area contributed by atoms with Gasteiger partial charge in [-0.05, 0) is 310 Å². The Kier molecular flexibility index (Phi) is 25.1. The predicted molar refractivity (Wildman–Crippen MR) is 596 cm³/mol. The van der Waals surface area contributed by atoms with Gasteiger partial charge >= 0.3 is 0 Å². The lowest BCUT2D eigenvalue weighted by molar-refractivity contribution is -0.0195. The van der Waals surface area contributed by atoms with Crippen LogP contribution in [-0.4, -0.2) is 55.3 Å². The van der Waals surface area contributed by atoms with Gasteiger partial charge in [0.1, 0.15) is 30.8 Å². The molecule has 9 atom stereocenters. The number of rotatable bonds is 11. The first-order chi connectivity index (χ1) is 69.3. The minimum absolute atomic E-state index is 0.0978. The van der Waals surface area contributed by atoms with E-state index >= 15 is 0 Å². The van der Waals surface area contributed by atoms with Gasteiger partial charge in [-0.2, -0.15) is 0 Å². The standard InChI is InChI=1S/C31H40N2.C30H38N2.C26H26N2.C25H30N2.C20H22N2/c1-22-14-10-13-21-29(22)32-23(2)30-27-19-11-12-20-28(27)31(33(30)24(32)3,25-15-6-4-7-16-25)26-17-8-5-9-18-26;1-21-13-7-12-20-28(21)31-22(2)29-26-18-10-11-19-27(26)30(32(29)23(31)3,25-16-8-9-17-25)24-14-5-4-6-15-24;1-18-12-8-11-17-24(18)27-19(2)25-22-15-9-10-16-23(22)26(4,28(25)20(27)3)21-13-6-5-7-14-21;1-17-11-5-10-16-23(17)26-18(2)24-21-14-8-9-15-22(21)25(4,27(24)19(26)3)20-12-6-7-13-20;1-13-9-5-8-12-19(13)21-15(3)20-18-11-7-6-10-17(18)14(2)22(20)16(21)4/h10-14,19-21,24-26H,4-9,15-18H2,1-3H3;7,10-13,18-20,23-25H,4-6,8-9,14-17H2,1-3H3;5-17,20H,1-4H3;5,8-11,14-16,19-20H,6-7,12-13H2,1-4H3;5-12,14,16H,1-4H3/i;;;;14D. The first kappa shape index (κ1) is 93.7. The number of anilines is 5. The first-order valence-corrected chi connectivity index (χ1v) is 55.2. The van der Waals surface area contributed by atoms with Crippen LogP contribution < -0.4 is 24.5 Å². The molecule has 0 amide bonds. The van der Waals surface area contributed by atoms with Crippen LogP contribution in [0.2, 0.25) is 0 Å². The molecule has 26 rings (SSSR count). The molecule has 0 bridgehead atoms. The number of para-hydroxylation sites is 5. The van der Waals surface area contributed by atoms with E-state index in [0.717, 1.165) is 35.2 Å². The minimum Gasteiger partial charge on any atom is -0.342 e. The molecule has 734 valence electrons. The SMILES string of the molecule is CC1=C2c3ccccc3C(C)(C3CCCC3)N2C(C)N1c1ccccc1C.CC1=C2c3ccccc3C(C)(c3ccccc3)N2C(C)N1c1ccccc1C.CC1=C2c3ccccc3C(C3CCCCC3)(C3CCCC3)N2C(C)N1c1ccccc1C.CC1=C2c3ccccc3C(C3CCCCC3)(C3CCCCC3)N2C(C)N1c1ccccc1C.[2H]C1(C)c2ccccc2C2=C(C)N(c3ccccc3C)C(C)N21. The van der Waals surface area contributed by atoms with Crippen molar-refractivity contribution in [3.8, 4) is 0 Å². The molecule has 0 radical (unpaired) electrons. The Morgan fingerprint density at radius 2 is 0.486 bits per heavy atom. The number of nitrogens with zero attached hydrogens (tertiary/aromatic N) is 10. The quantitative estimate of drug-likeness (QED) is 0.125. The Bertz CT molecular complexity index is 6780. The van der Waals surface area contributed by atoms with Crippen LogP contribution in [0.15, 0.2) is 301 Å². The van der Waals surface area contributed by atoms with E-state index in [2.05, 4.69) is 434 Å². The summed E-state index contributed by atoms with van der Waals surface area (Å²) in [7, 11) is 0. The van der Waals surface area contributed by atoms with E-state index in [4.69, 9.17) is 1.37 Å². The van der Waals surface area contributed by atoms with Crippen LogP contribution >= 0.6 is 0 Å². The van der Waals surface area contributed by atoms with Crippen molar-refractivity contribution in [2.45, 2.75) is 331 Å². The number of aryl methyl sites for hydroxylation is 5. The van der Waals surface area contributed by atoms with Crippen molar-refractivity contribution < 1.29 is 1.37 Å². The average Bonchev–Trinajstić information content (AvgIpc) is 1.54. The molecule has 11 aromatic carbocycles. The van der Waals surface area contributed by atoms with Gasteiger partial charge in [-0.1, -0.05) is 326 Å². The molecule has 15 aliphatic rings. The molecule has 10 nitrogen and oxygen atoms in total. The lowest BCUT2D eigenvalue weighted by Crippen LogP contribution is -2.57. The largest absolute Gasteiger partial charge is 0.342 e. The molecule has 10 heteroatoms. The second-order valence-electron chi connectivity index (χ2n) is 45.0. The summed E-state index contributed by atoms with van der Waals surface area (Å²) in [5, 5.41) is 0. The van der Waals surface area contributed by atoms with Crippen molar-refractivity contribution in [1.29, 1.82) is 0 Å². The third-order valence-corrected chi connectivity index (χ3v) is 37.9. The highest BCUT2D eigenvalue weighted by molar-refractivity contribution is 5.89. The Morgan fingerprint density at radius 1 is 0.232 bits per heavy atom. The summed E-state index contributed by atoms with van der Waals surface area (Å²) in [6.45, 7) is 41.4. The second kappa shape index (κ2) is 38.0. The summed E-state index contributed by atoms with van der Waals surface area (Å²) in [6, 6.07) is 99.6. The molecular weight excluding hydrogens is 1730 g/mol. The zero-order valence-electron chi connectivity index (χ0n) is 89.5. The maximum absolute atomic E-state index is 8.99. The Balaban J connectivity index is 0.000000103. The van der Waals surface area contributed by atoms with Crippen LogP contribution in [0.3, 0.4) is 0 Å². The van der Waals surface area contributed by atoms with Crippen molar-refractivity contribution >= 4 is 56.9 Å². The number of benzene rings is 11. The molecule has 5 saturated carbocycles. The molecule has 142 heavy (non-hydrogen) atoms. The van der Waals surface area contributed by atoms with Crippen molar-refractivity contribution in [2.75, 3.05) is 24.5 Å². The topological polar surface area (TPSA) is 32.4 Å². The maximum Gasteiger partial charge on any atom is 0.104 e. The van der Waals surface area contributed by atoms with Gasteiger partial charge in [0.25, 0.3) is 0 Å². The maximum atomic E-state index is 8.99. The molecule has 9 unspecified atom stereocenters. The smallest absolute Gasteiger partial charge is 0.104 e. The molecule has 11 aromatic rings. The average molecular weight is 1880 g/mol. The van der Waals surface area contributed by atoms with Crippen molar-refractivity contribution in [2.24, 2.45) is 29.6 Å². The van der Waals surface area contributed by atoms with Gasteiger partial charge in [-0.25, -0.2) is 0 Å². The van der Waals surface area contributed by atoms with Crippen LogP contribution in [0.1, 0.15) is 334 Å². The minimum atomic E-state index is -0.732.